The first-order valence-electron chi connectivity index (χ1n) is 8.51. The van der Waals surface area contributed by atoms with E-state index in [0.717, 1.165) is 31.6 Å². The summed E-state index contributed by atoms with van der Waals surface area (Å²) in [6, 6.07) is 15.0. The summed E-state index contributed by atoms with van der Waals surface area (Å²) in [4.78, 5) is 26.2. The van der Waals surface area contributed by atoms with Gasteiger partial charge in [0.2, 0.25) is 0 Å². The molecule has 0 radical (unpaired) electrons. The summed E-state index contributed by atoms with van der Waals surface area (Å²) in [6.45, 7) is 3.31. The average molecular weight is 338 g/mol. The van der Waals surface area contributed by atoms with Gasteiger partial charge in [-0.05, 0) is 44.0 Å². The molecule has 130 valence electrons. The number of benzene rings is 2. The second kappa shape index (κ2) is 7.83. The SMILES string of the molecule is Cc1ccc(Nc2ccccc2C(=O)OCC(=O)N2CCCC2)cc1. The predicted molar refractivity (Wildman–Crippen MR) is 97.0 cm³/mol. The first kappa shape index (κ1) is 17.0. The Morgan fingerprint density at radius 3 is 2.44 bits per heavy atom. The van der Waals surface area contributed by atoms with Crippen LogP contribution in [0.5, 0.6) is 0 Å². The van der Waals surface area contributed by atoms with Crippen molar-refractivity contribution >= 4 is 23.3 Å². The van der Waals surface area contributed by atoms with Gasteiger partial charge in [0.05, 0.1) is 11.3 Å². The van der Waals surface area contributed by atoms with Crippen molar-refractivity contribution < 1.29 is 14.3 Å². The lowest BCUT2D eigenvalue weighted by molar-refractivity contribution is -0.133. The number of para-hydroxylation sites is 1. The van der Waals surface area contributed by atoms with E-state index in [1.807, 2.05) is 43.3 Å². The monoisotopic (exact) mass is 338 g/mol. The highest BCUT2D eigenvalue weighted by molar-refractivity contribution is 5.97. The number of ether oxygens (including phenoxy) is 1. The van der Waals surface area contributed by atoms with Crippen LogP contribution in [0.2, 0.25) is 0 Å². The molecule has 3 rings (SSSR count). The number of anilines is 2. The Morgan fingerprint density at radius 1 is 1.04 bits per heavy atom. The zero-order valence-corrected chi connectivity index (χ0v) is 14.3. The van der Waals surface area contributed by atoms with Gasteiger partial charge in [0.15, 0.2) is 6.61 Å². The van der Waals surface area contributed by atoms with Crippen LogP contribution in [0.4, 0.5) is 11.4 Å². The molecule has 1 fully saturated rings. The van der Waals surface area contributed by atoms with E-state index in [1.165, 1.54) is 5.56 Å². The summed E-state index contributed by atoms with van der Waals surface area (Å²) in [5.74, 6) is -0.627. The molecule has 0 saturated carbocycles. The summed E-state index contributed by atoms with van der Waals surface area (Å²) < 4.78 is 5.23. The molecule has 2 aromatic rings. The quantitative estimate of drug-likeness (QED) is 0.848. The molecule has 0 aromatic heterocycles. The Morgan fingerprint density at radius 2 is 1.72 bits per heavy atom. The molecule has 1 N–H and O–H groups in total. The van der Waals surface area contributed by atoms with E-state index in [4.69, 9.17) is 4.74 Å². The lowest BCUT2D eigenvalue weighted by Crippen LogP contribution is -2.32. The summed E-state index contributed by atoms with van der Waals surface area (Å²) in [6.07, 6.45) is 2.03. The third-order valence-corrected chi connectivity index (χ3v) is 4.26. The molecule has 0 atom stereocenters. The fourth-order valence-electron chi connectivity index (χ4n) is 2.83. The zero-order chi connectivity index (χ0) is 17.6. The van der Waals surface area contributed by atoms with Crippen molar-refractivity contribution in [3.8, 4) is 0 Å². The maximum absolute atomic E-state index is 12.4. The van der Waals surface area contributed by atoms with Gasteiger partial charge in [-0.3, -0.25) is 4.79 Å². The first-order valence-corrected chi connectivity index (χ1v) is 8.51. The first-order chi connectivity index (χ1) is 12.1. The van der Waals surface area contributed by atoms with Crippen LogP contribution in [0.25, 0.3) is 0 Å². The van der Waals surface area contributed by atoms with Crippen LogP contribution in [-0.4, -0.2) is 36.5 Å². The van der Waals surface area contributed by atoms with Crippen molar-refractivity contribution in [1.29, 1.82) is 0 Å². The van der Waals surface area contributed by atoms with Crippen molar-refractivity contribution in [3.63, 3.8) is 0 Å². The van der Waals surface area contributed by atoms with Gasteiger partial charge in [0, 0.05) is 18.8 Å². The number of hydrogen-bond donors (Lipinski definition) is 1. The lowest BCUT2D eigenvalue weighted by Gasteiger charge is -2.16. The highest BCUT2D eigenvalue weighted by Gasteiger charge is 2.20. The van der Waals surface area contributed by atoms with E-state index in [1.54, 1.807) is 17.0 Å². The molecule has 1 aliphatic heterocycles. The van der Waals surface area contributed by atoms with Crippen molar-refractivity contribution in [2.45, 2.75) is 19.8 Å². The van der Waals surface area contributed by atoms with Gasteiger partial charge in [0.1, 0.15) is 0 Å². The largest absolute Gasteiger partial charge is 0.452 e. The minimum absolute atomic E-state index is 0.130. The Labute approximate surface area is 147 Å². The lowest BCUT2D eigenvalue weighted by atomic mass is 10.1. The van der Waals surface area contributed by atoms with Gasteiger partial charge >= 0.3 is 5.97 Å². The molecule has 0 aliphatic carbocycles. The maximum atomic E-state index is 12.4. The van der Waals surface area contributed by atoms with Crippen molar-refractivity contribution in [2.75, 3.05) is 25.0 Å². The molecular weight excluding hydrogens is 316 g/mol. The minimum atomic E-state index is -0.497. The molecule has 5 nitrogen and oxygen atoms in total. The number of carbonyl (C=O) groups is 2. The van der Waals surface area contributed by atoms with Gasteiger partial charge in [-0.2, -0.15) is 0 Å². The smallest absolute Gasteiger partial charge is 0.340 e. The summed E-state index contributed by atoms with van der Waals surface area (Å²) in [5.41, 5.74) is 3.12. The van der Waals surface area contributed by atoms with Crippen molar-refractivity contribution in [1.82, 2.24) is 4.90 Å². The number of nitrogens with one attached hydrogen (secondary N) is 1. The molecule has 1 heterocycles. The molecule has 0 bridgehead atoms. The fraction of sp³-hybridized carbons (Fsp3) is 0.300. The number of hydrogen-bond acceptors (Lipinski definition) is 4. The number of amides is 1. The Kier molecular flexibility index (Phi) is 5.33. The Hall–Kier alpha value is -2.82. The van der Waals surface area contributed by atoms with Crippen molar-refractivity contribution in [3.05, 3.63) is 59.7 Å². The highest BCUT2D eigenvalue weighted by Crippen LogP contribution is 2.22. The van der Waals surface area contributed by atoms with Gasteiger partial charge in [-0.15, -0.1) is 0 Å². The second-order valence-electron chi connectivity index (χ2n) is 6.20. The van der Waals surface area contributed by atoms with E-state index in [0.29, 0.717) is 11.3 Å². The third-order valence-electron chi connectivity index (χ3n) is 4.26. The fourth-order valence-corrected chi connectivity index (χ4v) is 2.83. The van der Waals surface area contributed by atoms with Crippen LogP contribution >= 0.6 is 0 Å². The topological polar surface area (TPSA) is 58.6 Å². The Balaban J connectivity index is 1.65. The second-order valence-corrected chi connectivity index (χ2v) is 6.20. The number of likely N-dealkylation sites (tertiary alicyclic amines) is 1. The standard InChI is InChI=1S/C20H22N2O3/c1-15-8-10-16(11-9-15)21-18-7-3-2-6-17(18)20(24)25-14-19(23)22-12-4-5-13-22/h2-3,6-11,21H,4-5,12-14H2,1H3. The predicted octanol–water partition coefficient (Wildman–Crippen LogP) is 3.52. The number of carbonyl (C=O) groups excluding carboxylic acids is 2. The molecule has 0 spiro atoms. The summed E-state index contributed by atoms with van der Waals surface area (Å²) >= 11 is 0. The van der Waals surface area contributed by atoms with Gasteiger partial charge in [-0.1, -0.05) is 29.8 Å². The van der Waals surface area contributed by atoms with Crippen LogP contribution < -0.4 is 5.32 Å². The molecule has 25 heavy (non-hydrogen) atoms. The highest BCUT2D eigenvalue weighted by atomic mass is 16.5. The van der Waals surface area contributed by atoms with Gasteiger partial charge in [0.25, 0.3) is 5.91 Å². The van der Waals surface area contributed by atoms with Crippen LogP contribution in [0.3, 0.4) is 0 Å². The molecule has 5 heteroatoms. The van der Waals surface area contributed by atoms with E-state index < -0.39 is 5.97 Å². The summed E-state index contributed by atoms with van der Waals surface area (Å²) in [5, 5.41) is 3.23. The van der Waals surface area contributed by atoms with Crippen LogP contribution in [0.15, 0.2) is 48.5 Å². The van der Waals surface area contributed by atoms with E-state index >= 15 is 0 Å². The van der Waals surface area contributed by atoms with Crippen LogP contribution in [-0.2, 0) is 9.53 Å². The molecule has 2 aromatic carbocycles. The normalized spacial score (nSPS) is 13.6. The number of nitrogens with zero attached hydrogens (tertiary/aromatic N) is 1. The minimum Gasteiger partial charge on any atom is -0.452 e. The Bertz CT molecular complexity index is 750. The van der Waals surface area contributed by atoms with E-state index in [9.17, 15) is 9.59 Å². The van der Waals surface area contributed by atoms with Gasteiger partial charge < -0.3 is 15.0 Å². The number of aryl methyl sites for hydroxylation is 1. The van der Waals surface area contributed by atoms with E-state index in [2.05, 4.69) is 5.32 Å². The molecule has 1 aliphatic rings. The number of rotatable bonds is 5. The molecule has 1 amide bonds. The van der Waals surface area contributed by atoms with Crippen LogP contribution in [0, 0.1) is 6.92 Å². The zero-order valence-electron chi connectivity index (χ0n) is 14.3. The average Bonchev–Trinajstić information content (AvgIpc) is 3.16. The van der Waals surface area contributed by atoms with Crippen LogP contribution in [0.1, 0.15) is 28.8 Å². The van der Waals surface area contributed by atoms with E-state index in [-0.39, 0.29) is 12.5 Å². The van der Waals surface area contributed by atoms with Crippen molar-refractivity contribution in [2.24, 2.45) is 0 Å². The molecule has 1 saturated heterocycles. The molecule has 0 unspecified atom stereocenters. The summed E-state index contributed by atoms with van der Waals surface area (Å²) in [7, 11) is 0. The number of esters is 1. The molecular formula is C20H22N2O3. The van der Waals surface area contributed by atoms with Gasteiger partial charge in [-0.25, -0.2) is 4.79 Å². The maximum Gasteiger partial charge on any atom is 0.340 e. The third kappa shape index (κ3) is 4.38.